The highest BCUT2D eigenvalue weighted by Crippen LogP contribution is 2.14. The summed E-state index contributed by atoms with van der Waals surface area (Å²) in [5.41, 5.74) is 5.73. The molecule has 1 heterocycles. The van der Waals surface area contributed by atoms with E-state index in [1.807, 2.05) is 0 Å². The molecule has 2 heteroatoms. The molecule has 1 radical (unpaired) electrons. The summed E-state index contributed by atoms with van der Waals surface area (Å²) < 4.78 is 0. The van der Waals surface area contributed by atoms with Gasteiger partial charge < -0.3 is 5.73 Å². The van der Waals surface area contributed by atoms with Gasteiger partial charge in [0.15, 0.2) is 0 Å². The molecule has 2 nitrogen and oxygen atoms in total. The second-order valence-electron chi connectivity index (χ2n) is 2.87. The van der Waals surface area contributed by atoms with Crippen molar-refractivity contribution in [1.29, 1.82) is 0 Å². The first kappa shape index (κ1) is 7.03. The zero-order valence-electron chi connectivity index (χ0n) is 6.01. The topological polar surface area (TPSA) is 40.1 Å². The second kappa shape index (κ2) is 3.18. The molecule has 0 aromatic rings. The Bertz CT molecular complexity index is 75.0. The van der Waals surface area contributed by atoms with Gasteiger partial charge in [0.05, 0.1) is 0 Å². The van der Waals surface area contributed by atoms with Crippen molar-refractivity contribution in [1.82, 2.24) is 5.32 Å². The van der Waals surface area contributed by atoms with E-state index in [0.29, 0.717) is 6.04 Å². The van der Waals surface area contributed by atoms with Crippen LogP contribution in [0.4, 0.5) is 0 Å². The van der Waals surface area contributed by atoms with Crippen molar-refractivity contribution in [2.45, 2.75) is 25.8 Å². The molecule has 0 aromatic heterocycles. The number of rotatable bonds is 1. The summed E-state index contributed by atoms with van der Waals surface area (Å²) in [4.78, 5) is 0. The van der Waals surface area contributed by atoms with Crippen LogP contribution in [0, 0.1) is 5.92 Å². The van der Waals surface area contributed by atoms with E-state index in [9.17, 15) is 0 Å². The monoisotopic (exact) mass is 127 g/mol. The fourth-order valence-corrected chi connectivity index (χ4v) is 1.30. The molecule has 1 fully saturated rings. The Morgan fingerprint density at radius 1 is 1.44 bits per heavy atom. The molecule has 0 amide bonds. The molecule has 0 saturated carbocycles. The molecule has 1 rings (SSSR count). The van der Waals surface area contributed by atoms with Gasteiger partial charge in [-0.1, -0.05) is 0 Å². The third kappa shape index (κ3) is 1.95. The summed E-state index contributed by atoms with van der Waals surface area (Å²) in [5, 5.41) is 4.25. The van der Waals surface area contributed by atoms with Gasteiger partial charge in [-0.15, -0.1) is 0 Å². The van der Waals surface area contributed by atoms with Gasteiger partial charge >= 0.3 is 0 Å². The molecule has 1 aliphatic heterocycles. The average Bonchev–Trinajstić information content (AvgIpc) is 1.90. The molecule has 53 valence electrons. The minimum absolute atomic E-state index is 0.375. The lowest BCUT2D eigenvalue weighted by Crippen LogP contribution is -2.34. The summed E-state index contributed by atoms with van der Waals surface area (Å²) in [5.74, 6) is 0.738. The third-order valence-electron chi connectivity index (χ3n) is 2.06. The van der Waals surface area contributed by atoms with E-state index in [0.717, 1.165) is 19.0 Å². The van der Waals surface area contributed by atoms with Crippen molar-refractivity contribution in [2.24, 2.45) is 11.7 Å². The molecule has 1 unspecified atom stereocenters. The van der Waals surface area contributed by atoms with Crippen molar-refractivity contribution in [3.05, 3.63) is 0 Å². The zero-order valence-corrected chi connectivity index (χ0v) is 6.01. The van der Waals surface area contributed by atoms with Crippen molar-refractivity contribution in [3.8, 4) is 0 Å². The number of piperidine rings is 1. The van der Waals surface area contributed by atoms with Crippen molar-refractivity contribution >= 4 is 0 Å². The maximum absolute atomic E-state index is 5.73. The predicted octanol–water partition coefficient (Wildman–Crippen LogP) is 0.348. The normalized spacial score (nSPS) is 26.0. The fraction of sp³-hybridized carbons (Fsp3) is 1.00. The molecule has 1 atom stereocenters. The Labute approximate surface area is 56.8 Å². The molecule has 0 aliphatic carbocycles. The number of hydrogen-bond donors (Lipinski definition) is 1. The Morgan fingerprint density at radius 3 is 2.33 bits per heavy atom. The highest BCUT2D eigenvalue weighted by Gasteiger charge is 2.16. The molecule has 2 N–H and O–H groups in total. The highest BCUT2D eigenvalue weighted by atomic mass is 14.9. The van der Waals surface area contributed by atoms with Crippen LogP contribution >= 0.6 is 0 Å². The lowest BCUT2D eigenvalue weighted by atomic mass is 9.92. The van der Waals surface area contributed by atoms with Crippen LogP contribution in [0.5, 0.6) is 0 Å². The molecule has 0 bridgehead atoms. The molecule has 9 heavy (non-hydrogen) atoms. The van der Waals surface area contributed by atoms with E-state index in [-0.39, 0.29) is 0 Å². The van der Waals surface area contributed by atoms with E-state index in [2.05, 4.69) is 12.2 Å². The largest absolute Gasteiger partial charge is 0.328 e. The first-order valence-corrected chi connectivity index (χ1v) is 3.69. The molecule has 1 saturated heterocycles. The van der Waals surface area contributed by atoms with Gasteiger partial charge in [0.1, 0.15) is 0 Å². The van der Waals surface area contributed by atoms with Crippen LogP contribution in [0.15, 0.2) is 0 Å². The second-order valence-corrected chi connectivity index (χ2v) is 2.87. The molecule has 0 aromatic carbocycles. The van der Waals surface area contributed by atoms with Gasteiger partial charge in [-0.05, 0) is 25.7 Å². The number of nitrogens with two attached hydrogens (primary N) is 1. The highest BCUT2D eigenvalue weighted by molar-refractivity contribution is 4.74. The van der Waals surface area contributed by atoms with Gasteiger partial charge in [0, 0.05) is 19.1 Å². The van der Waals surface area contributed by atoms with Gasteiger partial charge in [-0.25, -0.2) is 5.32 Å². The molecular weight excluding hydrogens is 112 g/mol. The average molecular weight is 127 g/mol. The standard InChI is InChI=1S/C7H15N2/c1-6(8)7-2-4-9-5-3-7/h6-7H,2-5,8H2,1H3. The van der Waals surface area contributed by atoms with Gasteiger partial charge in [0.25, 0.3) is 0 Å². The summed E-state index contributed by atoms with van der Waals surface area (Å²) in [6.07, 6.45) is 2.41. The minimum Gasteiger partial charge on any atom is -0.328 e. The number of hydrogen-bond acceptors (Lipinski definition) is 1. The lowest BCUT2D eigenvalue weighted by molar-refractivity contribution is 0.327. The fourth-order valence-electron chi connectivity index (χ4n) is 1.30. The quantitative estimate of drug-likeness (QED) is 0.542. The van der Waals surface area contributed by atoms with Crippen LogP contribution in [0.1, 0.15) is 19.8 Å². The van der Waals surface area contributed by atoms with Gasteiger partial charge in [-0.2, -0.15) is 0 Å². The van der Waals surface area contributed by atoms with E-state index < -0.39 is 0 Å². The molecular formula is C7H15N2. The van der Waals surface area contributed by atoms with Crippen molar-refractivity contribution in [2.75, 3.05) is 13.1 Å². The third-order valence-corrected chi connectivity index (χ3v) is 2.06. The van der Waals surface area contributed by atoms with Gasteiger partial charge in [-0.3, -0.25) is 0 Å². The van der Waals surface area contributed by atoms with Gasteiger partial charge in [0.2, 0.25) is 0 Å². The van der Waals surface area contributed by atoms with E-state index in [1.54, 1.807) is 0 Å². The van der Waals surface area contributed by atoms with Crippen molar-refractivity contribution in [3.63, 3.8) is 0 Å². The predicted molar refractivity (Wildman–Crippen MR) is 38.2 cm³/mol. The van der Waals surface area contributed by atoms with E-state index in [4.69, 9.17) is 5.73 Å². The van der Waals surface area contributed by atoms with Crippen LogP contribution in [-0.4, -0.2) is 19.1 Å². The summed E-state index contributed by atoms with van der Waals surface area (Å²) >= 11 is 0. The maximum Gasteiger partial charge on any atom is 0.0136 e. The van der Waals surface area contributed by atoms with Crippen LogP contribution in [0.3, 0.4) is 0 Å². The first-order chi connectivity index (χ1) is 4.30. The molecule has 1 aliphatic rings. The van der Waals surface area contributed by atoms with Crippen LogP contribution in [-0.2, 0) is 0 Å². The van der Waals surface area contributed by atoms with Crippen LogP contribution < -0.4 is 11.1 Å². The maximum atomic E-state index is 5.73. The Morgan fingerprint density at radius 2 is 2.00 bits per heavy atom. The summed E-state index contributed by atoms with van der Waals surface area (Å²) in [6, 6.07) is 0.375. The summed E-state index contributed by atoms with van der Waals surface area (Å²) in [6.45, 7) is 4.16. The SMILES string of the molecule is CC(N)C1CC[N]CC1. The van der Waals surface area contributed by atoms with Crippen LogP contribution in [0.25, 0.3) is 0 Å². The smallest absolute Gasteiger partial charge is 0.0136 e. The first-order valence-electron chi connectivity index (χ1n) is 3.69. The number of nitrogens with zero attached hydrogens (tertiary/aromatic N) is 1. The Balaban J connectivity index is 2.23. The lowest BCUT2D eigenvalue weighted by Gasteiger charge is -2.24. The zero-order chi connectivity index (χ0) is 6.69. The Kier molecular flexibility index (Phi) is 2.49. The summed E-state index contributed by atoms with van der Waals surface area (Å²) in [7, 11) is 0. The molecule has 0 spiro atoms. The van der Waals surface area contributed by atoms with E-state index >= 15 is 0 Å². The van der Waals surface area contributed by atoms with Crippen LogP contribution in [0.2, 0.25) is 0 Å². The minimum atomic E-state index is 0.375. The van der Waals surface area contributed by atoms with E-state index in [1.165, 1.54) is 12.8 Å². The van der Waals surface area contributed by atoms with Crippen molar-refractivity contribution < 1.29 is 0 Å². The Hall–Kier alpha value is -0.0800.